The maximum absolute atomic E-state index is 13.0. The molecule has 0 saturated carbocycles. The summed E-state index contributed by atoms with van der Waals surface area (Å²) in [6.45, 7) is 5.50. The molecule has 0 spiro atoms. The van der Waals surface area contributed by atoms with Gasteiger partial charge in [0, 0.05) is 31.0 Å². The summed E-state index contributed by atoms with van der Waals surface area (Å²) in [5.74, 6) is 0.148. The standard InChI is InChI=1S/C20H23N3O3/c1-3-26-20(25)18-13(2)4-5-15-11-22(12-17(15)18)19(24)14-7-9-23-16(10-14)6-8-21-23/h4-10,13,15,17-18H,3,11-12H2,1-2H3/t13-,15-,17-,18-/m0/s1. The summed E-state index contributed by atoms with van der Waals surface area (Å²) in [6, 6.07) is 5.53. The lowest BCUT2D eigenvalue weighted by Gasteiger charge is -2.31. The van der Waals surface area contributed by atoms with Crippen LogP contribution >= 0.6 is 0 Å². The Labute approximate surface area is 152 Å². The molecule has 4 rings (SSSR count). The van der Waals surface area contributed by atoms with Gasteiger partial charge in [-0.05, 0) is 42.9 Å². The number of amides is 1. The van der Waals surface area contributed by atoms with E-state index in [0.29, 0.717) is 25.3 Å². The summed E-state index contributed by atoms with van der Waals surface area (Å²) in [5, 5.41) is 4.16. The van der Waals surface area contributed by atoms with Crippen LogP contribution in [0.25, 0.3) is 5.52 Å². The molecule has 0 N–H and O–H groups in total. The first-order chi connectivity index (χ1) is 12.6. The fourth-order valence-electron chi connectivity index (χ4n) is 4.30. The van der Waals surface area contributed by atoms with Crippen molar-refractivity contribution in [3.63, 3.8) is 0 Å². The summed E-state index contributed by atoms with van der Waals surface area (Å²) < 4.78 is 7.03. The molecule has 136 valence electrons. The number of carbonyl (C=O) groups excluding carboxylic acids is 2. The molecule has 1 aliphatic heterocycles. The molecule has 4 atom stereocenters. The summed E-state index contributed by atoms with van der Waals surface area (Å²) >= 11 is 0. The van der Waals surface area contributed by atoms with Crippen molar-refractivity contribution in [2.75, 3.05) is 19.7 Å². The van der Waals surface area contributed by atoms with Gasteiger partial charge in [-0.25, -0.2) is 4.52 Å². The molecule has 1 fully saturated rings. The molecule has 0 bridgehead atoms. The number of allylic oxidation sites excluding steroid dienone is 1. The molecule has 2 aromatic rings. The Morgan fingerprint density at radius 2 is 2.12 bits per heavy atom. The predicted octanol–water partition coefficient (Wildman–Crippen LogP) is 2.41. The van der Waals surface area contributed by atoms with E-state index in [0.717, 1.165) is 5.52 Å². The quantitative estimate of drug-likeness (QED) is 0.628. The minimum absolute atomic E-state index is 0.00626. The Bertz CT molecular complexity index is 872. The monoisotopic (exact) mass is 353 g/mol. The zero-order valence-electron chi connectivity index (χ0n) is 15.0. The number of pyridine rings is 1. The first-order valence-corrected chi connectivity index (χ1v) is 9.16. The second-order valence-corrected chi connectivity index (χ2v) is 7.18. The van der Waals surface area contributed by atoms with Crippen LogP contribution < -0.4 is 0 Å². The number of hydrogen-bond acceptors (Lipinski definition) is 4. The highest BCUT2D eigenvalue weighted by Gasteiger charge is 2.46. The van der Waals surface area contributed by atoms with Crippen molar-refractivity contribution < 1.29 is 14.3 Å². The zero-order chi connectivity index (χ0) is 18.3. The number of rotatable bonds is 3. The third-order valence-electron chi connectivity index (χ3n) is 5.59. The second kappa shape index (κ2) is 6.59. The second-order valence-electron chi connectivity index (χ2n) is 7.18. The molecule has 26 heavy (non-hydrogen) atoms. The summed E-state index contributed by atoms with van der Waals surface area (Å²) in [7, 11) is 0. The molecule has 0 radical (unpaired) electrons. The molecule has 1 aliphatic carbocycles. The molecule has 2 aliphatic rings. The molecule has 0 aromatic carbocycles. The SMILES string of the molecule is CCOC(=O)[C@@H]1[C@H]2CN(C(=O)c3ccn4nccc4c3)C[C@@H]2C=C[C@@H]1C. The molecule has 1 amide bonds. The van der Waals surface area contributed by atoms with E-state index in [1.807, 2.05) is 30.9 Å². The van der Waals surface area contributed by atoms with E-state index in [4.69, 9.17) is 4.74 Å². The first kappa shape index (κ1) is 16.8. The third kappa shape index (κ3) is 2.79. The largest absolute Gasteiger partial charge is 0.466 e. The molecule has 3 heterocycles. The number of carbonyl (C=O) groups is 2. The van der Waals surface area contributed by atoms with Gasteiger partial charge in [0.1, 0.15) is 0 Å². The fraction of sp³-hybridized carbons (Fsp3) is 0.450. The Hall–Kier alpha value is -2.63. The maximum Gasteiger partial charge on any atom is 0.309 e. The normalized spacial score (nSPS) is 27.5. The van der Waals surface area contributed by atoms with E-state index in [1.54, 1.807) is 23.0 Å². The molecular formula is C20H23N3O3. The topological polar surface area (TPSA) is 63.9 Å². The zero-order valence-corrected chi connectivity index (χ0v) is 15.0. The van der Waals surface area contributed by atoms with Gasteiger partial charge >= 0.3 is 5.97 Å². The number of ether oxygens (including phenoxy) is 1. The van der Waals surface area contributed by atoms with Gasteiger partial charge in [-0.1, -0.05) is 19.1 Å². The van der Waals surface area contributed by atoms with Crippen molar-refractivity contribution in [1.29, 1.82) is 0 Å². The average molecular weight is 353 g/mol. The summed E-state index contributed by atoms with van der Waals surface area (Å²) in [6.07, 6.45) is 7.77. The van der Waals surface area contributed by atoms with Crippen LogP contribution in [-0.2, 0) is 9.53 Å². The number of fused-ring (bicyclic) bond motifs is 2. The van der Waals surface area contributed by atoms with E-state index < -0.39 is 0 Å². The van der Waals surface area contributed by atoms with E-state index in [9.17, 15) is 9.59 Å². The lowest BCUT2D eigenvalue weighted by Crippen LogP contribution is -2.37. The predicted molar refractivity (Wildman–Crippen MR) is 96.5 cm³/mol. The van der Waals surface area contributed by atoms with Crippen LogP contribution in [0.4, 0.5) is 0 Å². The molecule has 0 unspecified atom stereocenters. The molecule has 2 aromatic heterocycles. The highest BCUT2D eigenvalue weighted by molar-refractivity contribution is 5.95. The average Bonchev–Trinajstić information content (AvgIpc) is 3.26. The molecule has 6 nitrogen and oxygen atoms in total. The van der Waals surface area contributed by atoms with Gasteiger partial charge in [-0.15, -0.1) is 0 Å². The van der Waals surface area contributed by atoms with Crippen molar-refractivity contribution >= 4 is 17.4 Å². The third-order valence-corrected chi connectivity index (χ3v) is 5.59. The highest BCUT2D eigenvalue weighted by atomic mass is 16.5. The summed E-state index contributed by atoms with van der Waals surface area (Å²) in [4.78, 5) is 27.3. The number of aromatic nitrogens is 2. The summed E-state index contributed by atoms with van der Waals surface area (Å²) in [5.41, 5.74) is 1.55. The highest BCUT2D eigenvalue weighted by Crippen LogP contribution is 2.40. The van der Waals surface area contributed by atoms with Gasteiger partial charge in [0.15, 0.2) is 0 Å². The smallest absolute Gasteiger partial charge is 0.309 e. The van der Waals surface area contributed by atoms with E-state index in [-0.39, 0.29) is 35.5 Å². The van der Waals surface area contributed by atoms with Crippen molar-refractivity contribution in [3.8, 4) is 0 Å². The van der Waals surface area contributed by atoms with E-state index in [2.05, 4.69) is 17.3 Å². The van der Waals surface area contributed by atoms with Gasteiger partial charge in [-0.3, -0.25) is 9.59 Å². The first-order valence-electron chi connectivity index (χ1n) is 9.16. The van der Waals surface area contributed by atoms with Crippen LogP contribution in [0.15, 0.2) is 42.7 Å². The van der Waals surface area contributed by atoms with Crippen LogP contribution in [0.2, 0.25) is 0 Å². The van der Waals surface area contributed by atoms with Crippen LogP contribution in [0.1, 0.15) is 24.2 Å². The van der Waals surface area contributed by atoms with Gasteiger partial charge < -0.3 is 9.64 Å². The lowest BCUT2D eigenvalue weighted by molar-refractivity contribution is -0.152. The van der Waals surface area contributed by atoms with Crippen LogP contribution in [-0.4, -0.2) is 46.1 Å². The van der Waals surface area contributed by atoms with Crippen molar-refractivity contribution in [3.05, 3.63) is 48.3 Å². The minimum Gasteiger partial charge on any atom is -0.466 e. The van der Waals surface area contributed by atoms with Gasteiger partial charge in [0.2, 0.25) is 0 Å². The van der Waals surface area contributed by atoms with Crippen molar-refractivity contribution in [2.24, 2.45) is 23.7 Å². The van der Waals surface area contributed by atoms with Crippen molar-refractivity contribution in [2.45, 2.75) is 13.8 Å². The lowest BCUT2D eigenvalue weighted by atomic mass is 9.72. The van der Waals surface area contributed by atoms with Crippen LogP contribution in [0.5, 0.6) is 0 Å². The van der Waals surface area contributed by atoms with E-state index in [1.165, 1.54) is 0 Å². The maximum atomic E-state index is 13.0. The van der Waals surface area contributed by atoms with E-state index >= 15 is 0 Å². The Balaban J connectivity index is 1.55. The number of esters is 1. The number of nitrogens with zero attached hydrogens (tertiary/aromatic N) is 3. The molecule has 6 heteroatoms. The Morgan fingerprint density at radius 3 is 2.92 bits per heavy atom. The fourth-order valence-corrected chi connectivity index (χ4v) is 4.30. The molecular weight excluding hydrogens is 330 g/mol. The molecule has 1 saturated heterocycles. The number of hydrogen-bond donors (Lipinski definition) is 0. The minimum atomic E-state index is -0.181. The van der Waals surface area contributed by atoms with Crippen LogP contribution in [0, 0.1) is 23.7 Å². The van der Waals surface area contributed by atoms with Gasteiger partial charge in [0.25, 0.3) is 5.91 Å². The van der Waals surface area contributed by atoms with Crippen LogP contribution in [0.3, 0.4) is 0 Å². The number of likely N-dealkylation sites (tertiary alicyclic amines) is 1. The van der Waals surface area contributed by atoms with Crippen molar-refractivity contribution in [1.82, 2.24) is 14.5 Å². The Morgan fingerprint density at radius 1 is 1.27 bits per heavy atom. The Kier molecular flexibility index (Phi) is 4.26. The van der Waals surface area contributed by atoms with Gasteiger partial charge in [-0.2, -0.15) is 5.10 Å². The van der Waals surface area contributed by atoms with Gasteiger partial charge in [0.05, 0.1) is 18.0 Å².